The summed E-state index contributed by atoms with van der Waals surface area (Å²) in [7, 11) is 2.36. The largest absolute Gasteiger partial charge is 0.469 e. The maximum absolute atomic E-state index is 7.04. The minimum atomic E-state index is -0.309. The maximum atomic E-state index is 7.04. The van der Waals surface area contributed by atoms with E-state index in [4.69, 9.17) is 8.83 Å². The highest BCUT2D eigenvalue weighted by atomic mass is 16.3. The van der Waals surface area contributed by atoms with E-state index in [0.29, 0.717) is 0 Å². The molecule has 4 heterocycles. The second-order valence-electron chi connectivity index (χ2n) is 22.1. The van der Waals surface area contributed by atoms with E-state index in [1.54, 1.807) is 0 Å². The first kappa shape index (κ1) is 39.2. The number of furan rings is 2. The Kier molecular flexibility index (Phi) is 7.86. The molecule has 1 radical (unpaired) electrons. The van der Waals surface area contributed by atoms with E-state index < -0.39 is 0 Å². The van der Waals surface area contributed by atoms with E-state index in [2.05, 4.69) is 215 Å². The minimum Gasteiger partial charge on any atom is -0.469 e. The van der Waals surface area contributed by atoms with Crippen LogP contribution in [0.1, 0.15) is 104 Å². The Morgan fingerprint density at radius 3 is 1.92 bits per heavy atom. The maximum Gasteiger partial charge on any atom is 0.247 e. The molecule has 0 spiro atoms. The first-order valence-corrected chi connectivity index (χ1v) is 22.9. The Labute approximate surface area is 376 Å². The lowest BCUT2D eigenvalue weighted by Gasteiger charge is -2.28. The average molecular weight is 834 g/mol. The van der Waals surface area contributed by atoms with Gasteiger partial charge in [-0.2, -0.15) is 0 Å². The molecule has 4 nitrogen and oxygen atoms in total. The van der Waals surface area contributed by atoms with E-state index in [9.17, 15) is 0 Å². The van der Waals surface area contributed by atoms with E-state index in [1.807, 2.05) is 0 Å². The first-order valence-electron chi connectivity index (χ1n) is 22.9. The summed E-state index contributed by atoms with van der Waals surface area (Å²) >= 11 is 0. The number of benzene rings is 7. The van der Waals surface area contributed by atoms with Gasteiger partial charge in [0.2, 0.25) is 7.28 Å². The van der Waals surface area contributed by atoms with Crippen LogP contribution in [0, 0.1) is 0 Å². The van der Waals surface area contributed by atoms with Crippen molar-refractivity contribution in [3.05, 3.63) is 149 Å². The van der Waals surface area contributed by atoms with Crippen molar-refractivity contribution < 1.29 is 8.83 Å². The highest BCUT2D eigenvalue weighted by Gasteiger charge is 2.44. The normalized spacial score (nSPS) is 14.4. The van der Waals surface area contributed by atoms with Gasteiger partial charge in [-0.15, -0.1) is 0 Å². The molecule has 2 aliphatic rings. The Morgan fingerprint density at radius 2 is 1.19 bits per heavy atom. The van der Waals surface area contributed by atoms with Crippen LogP contribution in [-0.2, 0) is 21.7 Å². The number of rotatable bonds is 3. The Morgan fingerprint density at radius 1 is 0.547 bits per heavy atom. The second-order valence-corrected chi connectivity index (χ2v) is 22.1. The summed E-state index contributed by atoms with van der Waals surface area (Å²) < 4.78 is 16.2. The fourth-order valence-electron chi connectivity index (χ4n) is 11.0. The number of aromatic nitrogens is 1. The summed E-state index contributed by atoms with van der Waals surface area (Å²) in [5.74, 6) is 0. The third-order valence-corrected chi connectivity index (χ3v) is 14.5. The van der Waals surface area contributed by atoms with E-state index in [1.165, 1.54) is 66.3 Å². The number of hydrogen-bond donors (Lipinski definition) is 1. The standard InChI is InChI=1S/C59H54BN2O2/c1-56(2,3)32-20-24-35(25-21-32)61-43-31-47-38(36-16-13-15-19-45(36)63-47)30-39(43)49-48-37-17-12-14-18-42(37)59(10,11)51(48)50-40-28-33(57(4,5)6)22-26-44(40)62-53-41-29-34(58(7,8)9)23-27-46(41)64-55(53)60-52(49)54(50)62/h12-31,61H,1-11H3. The van der Waals surface area contributed by atoms with Crippen LogP contribution in [0.15, 0.2) is 130 Å². The molecule has 0 saturated heterocycles. The molecule has 3 aromatic heterocycles. The SMILES string of the molecule is CC(C)(C)c1ccc(Nc2cc3oc4ccccc4c3cc2-c2c3c(c4c5cc(C(C)(C)C)ccc5n5c4c2[B]c2oc4ccc(C(C)(C)C)cc4c2-5)C(C)(C)c2ccccc2-3)cc1. The lowest BCUT2D eigenvalue weighted by atomic mass is 9.60. The zero-order valence-electron chi connectivity index (χ0n) is 38.9. The molecule has 5 heteroatoms. The van der Waals surface area contributed by atoms with E-state index in [-0.39, 0.29) is 21.7 Å². The lowest BCUT2D eigenvalue weighted by Crippen LogP contribution is -2.37. The third-order valence-electron chi connectivity index (χ3n) is 14.5. The van der Waals surface area contributed by atoms with Gasteiger partial charge in [0.1, 0.15) is 16.7 Å². The summed E-state index contributed by atoms with van der Waals surface area (Å²) in [5, 5.41) is 9.90. The monoisotopic (exact) mass is 833 g/mol. The average Bonchev–Trinajstić information content (AvgIpc) is 3.96. The van der Waals surface area contributed by atoms with Gasteiger partial charge in [-0.3, -0.25) is 0 Å². The molecular weight excluding hydrogens is 779 g/mol. The number of fused-ring (bicyclic) bond motifs is 14. The Bertz CT molecular complexity index is 3630. The molecule has 0 amide bonds. The summed E-state index contributed by atoms with van der Waals surface area (Å²) in [4.78, 5) is 0. The topological polar surface area (TPSA) is 43.2 Å². The van der Waals surface area contributed by atoms with Crippen molar-refractivity contribution in [2.45, 2.75) is 97.8 Å². The predicted molar refractivity (Wildman–Crippen MR) is 272 cm³/mol. The number of hydrogen-bond acceptors (Lipinski definition) is 3. The predicted octanol–water partition coefficient (Wildman–Crippen LogP) is 15.0. The zero-order chi connectivity index (χ0) is 44.4. The molecule has 1 aliphatic heterocycles. The van der Waals surface area contributed by atoms with Gasteiger partial charge in [-0.1, -0.05) is 143 Å². The second kappa shape index (κ2) is 12.8. The van der Waals surface area contributed by atoms with Crippen LogP contribution in [-0.4, -0.2) is 11.8 Å². The Hall–Kier alpha value is -6.46. The van der Waals surface area contributed by atoms with Crippen molar-refractivity contribution in [2.24, 2.45) is 0 Å². The summed E-state index contributed by atoms with van der Waals surface area (Å²) in [5.41, 5.74) is 21.4. The van der Waals surface area contributed by atoms with Gasteiger partial charge < -0.3 is 18.7 Å². The van der Waals surface area contributed by atoms with Gasteiger partial charge in [0.25, 0.3) is 0 Å². The molecule has 0 unspecified atom stereocenters. The number of anilines is 2. The van der Waals surface area contributed by atoms with Gasteiger partial charge in [0, 0.05) is 55.2 Å². The number of para-hydroxylation sites is 1. The molecule has 0 fully saturated rings. The molecule has 10 aromatic rings. The smallest absolute Gasteiger partial charge is 0.247 e. The fourth-order valence-corrected chi connectivity index (χ4v) is 11.0. The highest BCUT2D eigenvalue weighted by Crippen LogP contribution is 2.58. The van der Waals surface area contributed by atoms with Crippen LogP contribution >= 0.6 is 0 Å². The zero-order valence-corrected chi connectivity index (χ0v) is 38.9. The highest BCUT2D eigenvalue weighted by molar-refractivity contribution is 6.73. The van der Waals surface area contributed by atoms with Crippen molar-refractivity contribution in [3.63, 3.8) is 0 Å². The van der Waals surface area contributed by atoms with Crippen molar-refractivity contribution in [3.8, 4) is 27.9 Å². The van der Waals surface area contributed by atoms with E-state index >= 15 is 0 Å². The molecular formula is C59H54BN2O2. The van der Waals surface area contributed by atoms with E-state index in [0.717, 1.165) is 66.7 Å². The molecule has 0 saturated carbocycles. The van der Waals surface area contributed by atoms with Crippen molar-refractivity contribution in [2.75, 3.05) is 5.32 Å². The molecule has 12 rings (SSSR count). The fraction of sp³-hybridized carbons (Fsp3) is 0.254. The Balaban J connectivity index is 1.27. The summed E-state index contributed by atoms with van der Waals surface area (Å²) in [6.07, 6.45) is 0. The lowest BCUT2D eigenvalue weighted by molar-refractivity contribution is 0.590. The third kappa shape index (κ3) is 5.49. The molecule has 315 valence electrons. The summed E-state index contributed by atoms with van der Waals surface area (Å²) in [6.45, 7) is 25.5. The first-order chi connectivity index (χ1) is 30.4. The minimum absolute atomic E-state index is 0.0273. The van der Waals surface area contributed by atoms with Crippen LogP contribution in [0.25, 0.3) is 82.7 Å². The van der Waals surface area contributed by atoms with Crippen molar-refractivity contribution >= 4 is 84.5 Å². The van der Waals surface area contributed by atoms with Gasteiger partial charge in [0.05, 0.1) is 22.6 Å². The number of nitrogens with zero attached hydrogens (tertiary/aromatic N) is 1. The molecule has 7 aromatic carbocycles. The van der Waals surface area contributed by atoms with Crippen molar-refractivity contribution in [1.29, 1.82) is 0 Å². The molecule has 0 bridgehead atoms. The number of nitrogens with one attached hydrogen (secondary N) is 1. The van der Waals surface area contributed by atoms with Crippen molar-refractivity contribution in [1.82, 2.24) is 4.57 Å². The van der Waals surface area contributed by atoms with Gasteiger partial charge in [-0.05, 0) is 115 Å². The van der Waals surface area contributed by atoms with Gasteiger partial charge in [-0.25, -0.2) is 0 Å². The van der Waals surface area contributed by atoms with Crippen LogP contribution in [0.2, 0.25) is 0 Å². The van der Waals surface area contributed by atoms with Crippen LogP contribution in [0.5, 0.6) is 0 Å². The van der Waals surface area contributed by atoms with Crippen LogP contribution in [0.4, 0.5) is 11.4 Å². The molecule has 1 N–H and O–H groups in total. The van der Waals surface area contributed by atoms with Gasteiger partial charge >= 0.3 is 0 Å². The summed E-state index contributed by atoms with van der Waals surface area (Å²) in [6, 6.07) is 45.1. The van der Waals surface area contributed by atoms with Crippen LogP contribution in [0.3, 0.4) is 0 Å². The van der Waals surface area contributed by atoms with Gasteiger partial charge in [0.15, 0.2) is 0 Å². The molecule has 64 heavy (non-hydrogen) atoms. The van der Waals surface area contributed by atoms with Crippen LogP contribution < -0.4 is 16.4 Å². The quantitative estimate of drug-likeness (QED) is 0.180. The molecule has 0 atom stereocenters. The molecule has 1 aliphatic carbocycles.